The Morgan fingerprint density at radius 3 is 2.47 bits per heavy atom. The van der Waals surface area contributed by atoms with Crippen LogP contribution in [0.25, 0.3) is 0 Å². The second-order valence-electron chi connectivity index (χ2n) is 5.44. The molecule has 1 rings (SSSR count). The molecule has 1 N–H and O–H groups in total. The second kappa shape index (κ2) is 9.96. The minimum absolute atomic E-state index is 0.481. The number of aryl methyl sites for hydroxylation is 1. The Hall–Kier alpha value is -0.890. The van der Waals surface area contributed by atoms with Crippen molar-refractivity contribution in [2.75, 3.05) is 6.54 Å². The van der Waals surface area contributed by atoms with Crippen LogP contribution in [0.4, 0.5) is 0 Å². The third-order valence-corrected chi connectivity index (χ3v) is 3.57. The molecule has 0 aliphatic rings. The van der Waals surface area contributed by atoms with E-state index in [0.717, 1.165) is 12.2 Å². The van der Waals surface area contributed by atoms with Crippen LogP contribution in [0.3, 0.4) is 0 Å². The Bertz CT molecular complexity index is 319. The molecular formula is C17H30N2. The van der Waals surface area contributed by atoms with E-state index < -0.39 is 0 Å². The van der Waals surface area contributed by atoms with E-state index in [0.29, 0.717) is 6.04 Å². The van der Waals surface area contributed by atoms with Gasteiger partial charge in [0, 0.05) is 17.9 Å². The number of unbranched alkanes of at least 4 members (excludes halogenated alkanes) is 4. The highest BCUT2D eigenvalue weighted by atomic mass is 14.9. The molecule has 2 nitrogen and oxygen atoms in total. The van der Waals surface area contributed by atoms with Gasteiger partial charge in [-0.25, -0.2) is 0 Å². The van der Waals surface area contributed by atoms with Crippen molar-refractivity contribution in [3.8, 4) is 0 Å². The molecule has 108 valence electrons. The quantitative estimate of drug-likeness (QED) is 0.613. The molecule has 0 aliphatic heterocycles. The Labute approximate surface area is 119 Å². The van der Waals surface area contributed by atoms with E-state index >= 15 is 0 Å². The van der Waals surface area contributed by atoms with E-state index in [1.165, 1.54) is 50.5 Å². The molecule has 1 heterocycles. The maximum Gasteiger partial charge on any atom is 0.0372 e. The standard InChI is InChI=1S/C17H30N2/c1-4-6-7-8-9-10-17(18-13-5-2)16-12-11-15(3)19-14-16/h11-12,14,17-18H,4-10,13H2,1-3H3. The van der Waals surface area contributed by atoms with Gasteiger partial charge in [0.1, 0.15) is 0 Å². The summed E-state index contributed by atoms with van der Waals surface area (Å²) >= 11 is 0. The van der Waals surface area contributed by atoms with Gasteiger partial charge in [-0.2, -0.15) is 0 Å². The number of nitrogens with one attached hydrogen (secondary N) is 1. The fourth-order valence-corrected chi connectivity index (χ4v) is 2.34. The summed E-state index contributed by atoms with van der Waals surface area (Å²) in [6.45, 7) is 7.62. The number of hydrogen-bond acceptors (Lipinski definition) is 2. The molecule has 2 heteroatoms. The Balaban J connectivity index is 2.44. The first-order valence-corrected chi connectivity index (χ1v) is 7.93. The molecule has 0 bridgehead atoms. The molecule has 0 spiro atoms. The van der Waals surface area contributed by atoms with Crippen LogP contribution in [0.5, 0.6) is 0 Å². The molecule has 0 aromatic carbocycles. The van der Waals surface area contributed by atoms with Gasteiger partial charge < -0.3 is 5.32 Å². The van der Waals surface area contributed by atoms with Crippen molar-refractivity contribution in [1.82, 2.24) is 10.3 Å². The van der Waals surface area contributed by atoms with Crippen LogP contribution in [0.2, 0.25) is 0 Å². The van der Waals surface area contributed by atoms with Gasteiger partial charge in [0.15, 0.2) is 0 Å². The summed E-state index contributed by atoms with van der Waals surface area (Å²) in [5.74, 6) is 0. The van der Waals surface area contributed by atoms with E-state index in [1.54, 1.807) is 0 Å². The van der Waals surface area contributed by atoms with E-state index in [4.69, 9.17) is 0 Å². The van der Waals surface area contributed by atoms with Crippen molar-refractivity contribution in [3.05, 3.63) is 29.6 Å². The maximum atomic E-state index is 4.43. The highest BCUT2D eigenvalue weighted by molar-refractivity contribution is 5.17. The molecule has 1 aromatic heterocycles. The van der Waals surface area contributed by atoms with Gasteiger partial charge in [-0.3, -0.25) is 4.98 Å². The van der Waals surface area contributed by atoms with Crippen molar-refractivity contribution in [3.63, 3.8) is 0 Å². The van der Waals surface area contributed by atoms with Crippen molar-refractivity contribution in [1.29, 1.82) is 0 Å². The summed E-state index contributed by atoms with van der Waals surface area (Å²) in [5.41, 5.74) is 2.44. The highest BCUT2D eigenvalue weighted by Crippen LogP contribution is 2.20. The molecule has 1 atom stereocenters. The summed E-state index contributed by atoms with van der Waals surface area (Å²) < 4.78 is 0. The zero-order chi connectivity index (χ0) is 13.9. The molecule has 0 amide bonds. The second-order valence-corrected chi connectivity index (χ2v) is 5.44. The first kappa shape index (κ1) is 16.2. The van der Waals surface area contributed by atoms with Crippen LogP contribution in [0.15, 0.2) is 18.3 Å². The zero-order valence-electron chi connectivity index (χ0n) is 12.9. The molecule has 0 saturated carbocycles. The highest BCUT2D eigenvalue weighted by Gasteiger charge is 2.10. The lowest BCUT2D eigenvalue weighted by molar-refractivity contribution is 0.467. The van der Waals surface area contributed by atoms with Crippen molar-refractivity contribution in [2.24, 2.45) is 0 Å². The van der Waals surface area contributed by atoms with Gasteiger partial charge in [0.2, 0.25) is 0 Å². The Morgan fingerprint density at radius 1 is 1.05 bits per heavy atom. The molecule has 0 fully saturated rings. The van der Waals surface area contributed by atoms with Gasteiger partial charge in [-0.05, 0) is 37.9 Å². The minimum Gasteiger partial charge on any atom is -0.310 e. The van der Waals surface area contributed by atoms with Gasteiger partial charge in [0.05, 0.1) is 0 Å². The van der Waals surface area contributed by atoms with E-state index in [-0.39, 0.29) is 0 Å². The number of aromatic nitrogens is 1. The first-order chi connectivity index (χ1) is 9.27. The number of pyridine rings is 1. The summed E-state index contributed by atoms with van der Waals surface area (Å²) in [6, 6.07) is 4.82. The van der Waals surface area contributed by atoms with E-state index in [1.807, 2.05) is 13.1 Å². The Morgan fingerprint density at radius 2 is 1.84 bits per heavy atom. The summed E-state index contributed by atoms with van der Waals surface area (Å²) in [4.78, 5) is 4.43. The molecular weight excluding hydrogens is 232 g/mol. The number of nitrogens with zero attached hydrogens (tertiary/aromatic N) is 1. The van der Waals surface area contributed by atoms with Crippen molar-refractivity contribution in [2.45, 2.75) is 71.8 Å². The van der Waals surface area contributed by atoms with E-state index in [9.17, 15) is 0 Å². The van der Waals surface area contributed by atoms with Crippen LogP contribution in [0, 0.1) is 6.92 Å². The SMILES string of the molecule is CCCCCCCC(NCCC)c1ccc(C)nc1. The van der Waals surface area contributed by atoms with Gasteiger partial charge >= 0.3 is 0 Å². The fourth-order valence-electron chi connectivity index (χ4n) is 2.34. The monoisotopic (exact) mass is 262 g/mol. The summed E-state index contributed by atoms with van der Waals surface area (Å²) in [7, 11) is 0. The topological polar surface area (TPSA) is 24.9 Å². The zero-order valence-corrected chi connectivity index (χ0v) is 12.9. The maximum absolute atomic E-state index is 4.43. The molecule has 0 aliphatic carbocycles. The lowest BCUT2D eigenvalue weighted by atomic mass is 10.0. The van der Waals surface area contributed by atoms with Crippen molar-refractivity contribution >= 4 is 0 Å². The molecule has 1 unspecified atom stereocenters. The molecule has 19 heavy (non-hydrogen) atoms. The summed E-state index contributed by atoms with van der Waals surface area (Å²) in [6.07, 6.45) is 11.2. The van der Waals surface area contributed by atoms with Crippen LogP contribution in [0.1, 0.15) is 76.1 Å². The first-order valence-electron chi connectivity index (χ1n) is 7.93. The number of hydrogen-bond donors (Lipinski definition) is 1. The van der Waals surface area contributed by atoms with Gasteiger partial charge in [-0.1, -0.05) is 52.0 Å². The molecule has 0 radical (unpaired) electrons. The predicted octanol–water partition coefficient (Wildman–Crippen LogP) is 4.79. The lowest BCUT2D eigenvalue weighted by Gasteiger charge is -2.18. The minimum atomic E-state index is 0.481. The smallest absolute Gasteiger partial charge is 0.0372 e. The number of rotatable bonds is 10. The lowest BCUT2D eigenvalue weighted by Crippen LogP contribution is -2.22. The largest absolute Gasteiger partial charge is 0.310 e. The summed E-state index contributed by atoms with van der Waals surface area (Å²) in [5, 5.41) is 3.66. The van der Waals surface area contributed by atoms with Gasteiger partial charge in [0.25, 0.3) is 0 Å². The third kappa shape index (κ3) is 6.72. The average Bonchev–Trinajstić information content (AvgIpc) is 2.43. The molecule has 1 aromatic rings. The van der Waals surface area contributed by atoms with Crippen LogP contribution in [-0.2, 0) is 0 Å². The predicted molar refractivity (Wildman–Crippen MR) is 83.4 cm³/mol. The third-order valence-electron chi connectivity index (χ3n) is 3.57. The Kier molecular flexibility index (Phi) is 8.48. The fraction of sp³-hybridized carbons (Fsp3) is 0.706. The molecule has 0 saturated heterocycles. The van der Waals surface area contributed by atoms with Crippen LogP contribution >= 0.6 is 0 Å². The average molecular weight is 262 g/mol. The normalized spacial score (nSPS) is 12.6. The van der Waals surface area contributed by atoms with Crippen LogP contribution in [-0.4, -0.2) is 11.5 Å². The van der Waals surface area contributed by atoms with Crippen molar-refractivity contribution < 1.29 is 0 Å². The van der Waals surface area contributed by atoms with Gasteiger partial charge in [-0.15, -0.1) is 0 Å². The van der Waals surface area contributed by atoms with Crippen LogP contribution < -0.4 is 5.32 Å². The van der Waals surface area contributed by atoms with E-state index in [2.05, 4.69) is 36.3 Å².